The standard InChI is InChI=1S/C19H32N4O.HI/c1-5-23-10-9-17(14-23)13-22-19(20-4)21-12-16(3)24-18-8-6-7-15(2)11-18;/h6-8,11,16-17H,5,9-10,12-14H2,1-4H3,(H2,20,21,22);1H. The van der Waals surface area contributed by atoms with Crippen molar-refractivity contribution in [3.63, 3.8) is 0 Å². The molecule has 1 saturated heterocycles. The lowest BCUT2D eigenvalue weighted by molar-refractivity contribution is 0.223. The summed E-state index contributed by atoms with van der Waals surface area (Å²) in [5, 5.41) is 6.79. The largest absolute Gasteiger partial charge is 0.489 e. The van der Waals surface area contributed by atoms with E-state index >= 15 is 0 Å². The van der Waals surface area contributed by atoms with E-state index < -0.39 is 0 Å². The summed E-state index contributed by atoms with van der Waals surface area (Å²) in [6, 6.07) is 8.15. The third-order valence-corrected chi connectivity index (χ3v) is 4.48. The minimum atomic E-state index is 0. The maximum atomic E-state index is 5.94. The normalized spacial score (nSPS) is 19.2. The highest BCUT2D eigenvalue weighted by atomic mass is 127. The Morgan fingerprint density at radius 2 is 2.20 bits per heavy atom. The van der Waals surface area contributed by atoms with Crippen LogP contribution in [0, 0.1) is 12.8 Å². The van der Waals surface area contributed by atoms with E-state index in [0.29, 0.717) is 5.92 Å². The molecule has 0 radical (unpaired) electrons. The molecule has 0 aliphatic carbocycles. The molecule has 25 heavy (non-hydrogen) atoms. The van der Waals surface area contributed by atoms with Gasteiger partial charge in [0.2, 0.25) is 0 Å². The molecule has 2 rings (SSSR count). The molecule has 2 unspecified atom stereocenters. The molecule has 1 aliphatic rings. The summed E-state index contributed by atoms with van der Waals surface area (Å²) >= 11 is 0. The van der Waals surface area contributed by atoms with Gasteiger partial charge < -0.3 is 20.3 Å². The number of likely N-dealkylation sites (tertiary alicyclic amines) is 1. The van der Waals surface area contributed by atoms with Gasteiger partial charge in [-0.25, -0.2) is 0 Å². The number of aliphatic imine (C=N–C) groups is 1. The second kappa shape index (κ2) is 11.6. The molecule has 1 fully saturated rings. The molecule has 1 aliphatic heterocycles. The van der Waals surface area contributed by atoms with Gasteiger partial charge >= 0.3 is 0 Å². The molecule has 0 saturated carbocycles. The highest BCUT2D eigenvalue weighted by Crippen LogP contribution is 2.15. The van der Waals surface area contributed by atoms with Crippen LogP contribution in [0.4, 0.5) is 0 Å². The predicted octanol–water partition coefficient (Wildman–Crippen LogP) is 2.89. The molecule has 6 heteroatoms. The van der Waals surface area contributed by atoms with Crippen molar-refractivity contribution < 1.29 is 4.74 Å². The van der Waals surface area contributed by atoms with E-state index in [1.807, 2.05) is 19.2 Å². The van der Waals surface area contributed by atoms with Crippen LogP contribution >= 0.6 is 24.0 Å². The van der Waals surface area contributed by atoms with Gasteiger partial charge in [0, 0.05) is 20.1 Å². The molecule has 142 valence electrons. The van der Waals surface area contributed by atoms with Gasteiger partial charge in [-0.15, -0.1) is 24.0 Å². The minimum absolute atomic E-state index is 0. The van der Waals surface area contributed by atoms with Crippen molar-refractivity contribution >= 4 is 29.9 Å². The van der Waals surface area contributed by atoms with Gasteiger partial charge in [-0.3, -0.25) is 4.99 Å². The molecule has 2 N–H and O–H groups in total. The molecule has 0 bridgehead atoms. The predicted molar refractivity (Wildman–Crippen MR) is 116 cm³/mol. The average Bonchev–Trinajstić information content (AvgIpc) is 3.03. The number of aryl methyl sites for hydroxylation is 1. The smallest absolute Gasteiger partial charge is 0.191 e. The first-order chi connectivity index (χ1) is 11.6. The molecule has 2 atom stereocenters. The Morgan fingerprint density at radius 3 is 2.84 bits per heavy atom. The maximum Gasteiger partial charge on any atom is 0.191 e. The zero-order valence-corrected chi connectivity index (χ0v) is 18.2. The fourth-order valence-corrected chi connectivity index (χ4v) is 3.03. The van der Waals surface area contributed by atoms with E-state index in [0.717, 1.165) is 31.3 Å². The lowest BCUT2D eigenvalue weighted by Crippen LogP contribution is -2.43. The van der Waals surface area contributed by atoms with Crippen LogP contribution in [0.3, 0.4) is 0 Å². The zero-order chi connectivity index (χ0) is 17.4. The van der Waals surface area contributed by atoms with Crippen molar-refractivity contribution in [2.45, 2.75) is 33.3 Å². The highest BCUT2D eigenvalue weighted by Gasteiger charge is 2.21. The summed E-state index contributed by atoms with van der Waals surface area (Å²) in [5.74, 6) is 2.48. The number of nitrogens with zero attached hydrogens (tertiary/aromatic N) is 2. The number of ether oxygens (including phenoxy) is 1. The van der Waals surface area contributed by atoms with Gasteiger partial charge in [-0.1, -0.05) is 19.1 Å². The summed E-state index contributed by atoms with van der Waals surface area (Å²) in [6.07, 6.45) is 1.34. The van der Waals surface area contributed by atoms with Gasteiger partial charge in [0.1, 0.15) is 11.9 Å². The molecule has 1 aromatic carbocycles. The topological polar surface area (TPSA) is 48.9 Å². The molecule has 1 aromatic rings. The molecular formula is C19H33IN4O. The third-order valence-electron chi connectivity index (χ3n) is 4.48. The number of rotatable bonds is 7. The van der Waals surface area contributed by atoms with Crippen molar-refractivity contribution in [3.8, 4) is 5.75 Å². The first kappa shape index (κ1) is 22.0. The number of hydrogen-bond donors (Lipinski definition) is 2. The van der Waals surface area contributed by atoms with Gasteiger partial charge in [-0.05, 0) is 57.0 Å². The van der Waals surface area contributed by atoms with Crippen LogP contribution in [0.5, 0.6) is 5.75 Å². The Labute approximate surface area is 169 Å². The average molecular weight is 460 g/mol. The molecular weight excluding hydrogens is 427 g/mol. The number of nitrogens with one attached hydrogen (secondary N) is 2. The Kier molecular flexibility index (Phi) is 10.2. The monoisotopic (exact) mass is 460 g/mol. The molecule has 0 aromatic heterocycles. The molecule has 1 heterocycles. The highest BCUT2D eigenvalue weighted by molar-refractivity contribution is 14.0. The second-order valence-electron chi connectivity index (χ2n) is 6.63. The zero-order valence-electron chi connectivity index (χ0n) is 15.9. The van der Waals surface area contributed by atoms with Crippen molar-refractivity contribution in [3.05, 3.63) is 29.8 Å². The van der Waals surface area contributed by atoms with Crippen LogP contribution < -0.4 is 15.4 Å². The lowest BCUT2D eigenvalue weighted by atomic mass is 10.1. The fourth-order valence-electron chi connectivity index (χ4n) is 3.03. The summed E-state index contributed by atoms with van der Waals surface area (Å²) in [6.45, 7) is 11.6. The van der Waals surface area contributed by atoms with Crippen molar-refractivity contribution in [2.75, 3.05) is 39.8 Å². The van der Waals surface area contributed by atoms with Crippen LogP contribution in [0.1, 0.15) is 25.8 Å². The van der Waals surface area contributed by atoms with Gasteiger partial charge in [0.15, 0.2) is 5.96 Å². The molecule has 5 nitrogen and oxygen atoms in total. The van der Waals surface area contributed by atoms with Crippen LogP contribution in [0.2, 0.25) is 0 Å². The molecule has 0 amide bonds. The number of halogens is 1. The fraction of sp³-hybridized carbons (Fsp3) is 0.632. The number of benzene rings is 1. The Morgan fingerprint density at radius 1 is 1.40 bits per heavy atom. The van der Waals surface area contributed by atoms with Gasteiger partial charge in [0.05, 0.1) is 6.54 Å². The maximum absolute atomic E-state index is 5.94. The summed E-state index contributed by atoms with van der Waals surface area (Å²) in [5.41, 5.74) is 1.21. The summed E-state index contributed by atoms with van der Waals surface area (Å²) < 4.78 is 5.94. The van der Waals surface area contributed by atoms with E-state index in [4.69, 9.17) is 4.74 Å². The third kappa shape index (κ3) is 7.81. The van der Waals surface area contributed by atoms with Crippen LogP contribution in [0.15, 0.2) is 29.3 Å². The van der Waals surface area contributed by atoms with Crippen molar-refractivity contribution in [1.82, 2.24) is 15.5 Å². The van der Waals surface area contributed by atoms with Crippen molar-refractivity contribution in [1.29, 1.82) is 0 Å². The van der Waals surface area contributed by atoms with Gasteiger partial charge in [-0.2, -0.15) is 0 Å². The first-order valence-electron chi connectivity index (χ1n) is 9.01. The SMILES string of the molecule is CCN1CCC(CNC(=NC)NCC(C)Oc2cccc(C)c2)C1.I. The van der Waals surface area contributed by atoms with E-state index in [2.05, 4.69) is 53.4 Å². The Hall–Kier alpha value is -1.02. The van der Waals surface area contributed by atoms with E-state index in [1.54, 1.807) is 0 Å². The van der Waals surface area contributed by atoms with Crippen LogP contribution in [0.25, 0.3) is 0 Å². The van der Waals surface area contributed by atoms with E-state index in [9.17, 15) is 0 Å². The van der Waals surface area contributed by atoms with E-state index in [-0.39, 0.29) is 30.1 Å². The van der Waals surface area contributed by atoms with Crippen LogP contribution in [-0.4, -0.2) is 56.7 Å². The minimum Gasteiger partial charge on any atom is -0.489 e. The van der Waals surface area contributed by atoms with Gasteiger partial charge in [0.25, 0.3) is 0 Å². The molecule has 0 spiro atoms. The first-order valence-corrected chi connectivity index (χ1v) is 9.01. The lowest BCUT2D eigenvalue weighted by Gasteiger charge is -2.19. The second-order valence-corrected chi connectivity index (χ2v) is 6.63. The Balaban J connectivity index is 0.00000312. The van der Waals surface area contributed by atoms with E-state index in [1.165, 1.54) is 25.1 Å². The summed E-state index contributed by atoms with van der Waals surface area (Å²) in [7, 11) is 1.81. The number of guanidine groups is 1. The number of hydrogen-bond acceptors (Lipinski definition) is 3. The quantitative estimate of drug-likeness (QED) is 0.373. The van der Waals surface area contributed by atoms with Crippen molar-refractivity contribution in [2.24, 2.45) is 10.9 Å². The Bertz CT molecular complexity index is 538. The summed E-state index contributed by atoms with van der Waals surface area (Å²) in [4.78, 5) is 6.81. The van der Waals surface area contributed by atoms with Crippen LogP contribution in [-0.2, 0) is 0 Å².